The third-order valence-corrected chi connectivity index (χ3v) is 6.48. The molecule has 180 valence electrons. The summed E-state index contributed by atoms with van der Waals surface area (Å²) in [7, 11) is 1.75. The Kier molecular flexibility index (Phi) is 6.20. The van der Waals surface area contributed by atoms with E-state index in [4.69, 9.17) is 4.74 Å². The van der Waals surface area contributed by atoms with Gasteiger partial charge in [0.25, 0.3) is 11.5 Å². The van der Waals surface area contributed by atoms with Crippen molar-refractivity contribution in [3.8, 4) is 0 Å². The molecule has 3 aromatic rings. The zero-order valence-electron chi connectivity index (χ0n) is 19.0. The molecule has 0 radical (unpaired) electrons. The van der Waals surface area contributed by atoms with Gasteiger partial charge in [0.2, 0.25) is 0 Å². The number of fused-ring (bicyclic) bond motifs is 1. The number of rotatable bonds is 6. The van der Waals surface area contributed by atoms with Crippen LogP contribution in [-0.2, 0) is 4.74 Å². The van der Waals surface area contributed by atoms with Gasteiger partial charge in [-0.3, -0.25) is 9.59 Å². The van der Waals surface area contributed by atoms with Crippen molar-refractivity contribution in [3.05, 3.63) is 46.5 Å². The number of amides is 1. The highest BCUT2D eigenvalue weighted by Gasteiger charge is 2.26. The van der Waals surface area contributed by atoms with Crippen molar-refractivity contribution in [1.29, 1.82) is 0 Å². The molecule has 0 bridgehead atoms. The second-order valence-corrected chi connectivity index (χ2v) is 8.84. The Balaban J connectivity index is 1.44. The first-order chi connectivity index (χ1) is 16.5. The largest absolute Gasteiger partial charge is 0.393 e. The maximum absolute atomic E-state index is 13.1. The van der Waals surface area contributed by atoms with Gasteiger partial charge in [-0.1, -0.05) is 0 Å². The predicted molar refractivity (Wildman–Crippen MR) is 127 cm³/mol. The van der Waals surface area contributed by atoms with Crippen molar-refractivity contribution >= 4 is 28.9 Å². The number of anilines is 3. The minimum absolute atomic E-state index is 0.00513. The Hall–Kier alpha value is -3.44. The molecular weight excluding hydrogens is 438 g/mol. The van der Waals surface area contributed by atoms with E-state index in [-0.39, 0.29) is 29.7 Å². The molecule has 5 rings (SSSR count). The highest BCUT2D eigenvalue weighted by Crippen LogP contribution is 2.23. The summed E-state index contributed by atoms with van der Waals surface area (Å²) in [6.45, 7) is 1.24. The number of nitrogens with zero attached hydrogens (tertiary/aromatic N) is 4. The number of aliphatic hydroxyl groups is 1. The van der Waals surface area contributed by atoms with Crippen LogP contribution in [0.5, 0.6) is 0 Å². The van der Waals surface area contributed by atoms with Crippen LogP contribution < -0.4 is 21.5 Å². The minimum atomic E-state index is -0.380. The second kappa shape index (κ2) is 9.43. The number of carbonyl (C=O) groups excluding carboxylic acids is 1. The molecule has 34 heavy (non-hydrogen) atoms. The Morgan fingerprint density at radius 2 is 2.18 bits per heavy atom. The molecule has 1 aliphatic heterocycles. The normalized spacial score (nSPS) is 22.6. The number of carbonyl (C=O) groups is 1. The van der Waals surface area contributed by atoms with Crippen molar-refractivity contribution in [2.45, 2.75) is 50.3 Å². The average Bonchev–Trinajstić information content (AvgIpc) is 3.46. The van der Waals surface area contributed by atoms with Crippen LogP contribution in [0, 0.1) is 0 Å². The lowest BCUT2D eigenvalue weighted by Gasteiger charge is -2.24. The van der Waals surface area contributed by atoms with Gasteiger partial charge in [-0.15, -0.1) is 0 Å². The van der Waals surface area contributed by atoms with E-state index in [0.29, 0.717) is 48.0 Å². The molecule has 3 aromatic heterocycles. The summed E-state index contributed by atoms with van der Waals surface area (Å²) in [5.41, 5.74) is 0.920. The third kappa shape index (κ3) is 4.36. The zero-order valence-corrected chi connectivity index (χ0v) is 19.0. The molecule has 1 saturated heterocycles. The lowest BCUT2D eigenvalue weighted by atomic mass is 10.1. The summed E-state index contributed by atoms with van der Waals surface area (Å²) < 4.78 is 8.79. The molecule has 2 fully saturated rings. The van der Waals surface area contributed by atoms with Gasteiger partial charge in [-0.25, -0.2) is 4.98 Å². The molecule has 11 nitrogen and oxygen atoms in total. The number of hydrogen-bond donors (Lipinski definition) is 4. The van der Waals surface area contributed by atoms with E-state index in [9.17, 15) is 14.7 Å². The highest BCUT2D eigenvalue weighted by molar-refractivity contribution is 6.00. The number of ether oxygens (including phenoxy) is 1. The quantitative estimate of drug-likeness (QED) is 0.430. The molecule has 11 heteroatoms. The van der Waals surface area contributed by atoms with Crippen LogP contribution >= 0.6 is 0 Å². The molecule has 1 aliphatic carbocycles. The highest BCUT2D eigenvalue weighted by atomic mass is 16.5. The van der Waals surface area contributed by atoms with Gasteiger partial charge in [0, 0.05) is 32.0 Å². The van der Waals surface area contributed by atoms with Crippen LogP contribution in [0.4, 0.5) is 17.3 Å². The van der Waals surface area contributed by atoms with Gasteiger partial charge < -0.3 is 30.4 Å². The summed E-state index contributed by atoms with van der Waals surface area (Å²) in [4.78, 5) is 30.7. The van der Waals surface area contributed by atoms with Gasteiger partial charge in [0.05, 0.1) is 24.9 Å². The minimum Gasteiger partial charge on any atom is -0.393 e. The van der Waals surface area contributed by atoms with Crippen molar-refractivity contribution in [2.75, 3.05) is 30.9 Å². The number of pyridine rings is 1. The number of nitrogens with one attached hydrogen (secondary N) is 3. The zero-order chi connectivity index (χ0) is 23.7. The van der Waals surface area contributed by atoms with E-state index >= 15 is 0 Å². The first-order valence-corrected chi connectivity index (χ1v) is 11.6. The van der Waals surface area contributed by atoms with Gasteiger partial charge in [0.1, 0.15) is 22.9 Å². The fourth-order valence-corrected chi connectivity index (χ4v) is 4.69. The smallest absolute Gasteiger partial charge is 0.274 e. The molecule has 3 atom stereocenters. The maximum Gasteiger partial charge on any atom is 0.274 e. The van der Waals surface area contributed by atoms with E-state index in [2.05, 4.69) is 26.0 Å². The summed E-state index contributed by atoms with van der Waals surface area (Å²) >= 11 is 0. The van der Waals surface area contributed by atoms with Crippen molar-refractivity contribution in [1.82, 2.24) is 24.5 Å². The summed E-state index contributed by atoms with van der Waals surface area (Å²) in [5.74, 6) is 0.734. The fraction of sp³-hybridized carbons (Fsp3) is 0.478. The van der Waals surface area contributed by atoms with E-state index in [0.717, 1.165) is 25.9 Å². The van der Waals surface area contributed by atoms with Crippen LogP contribution in [0.2, 0.25) is 0 Å². The molecular formula is C23H29N7O4. The average molecular weight is 468 g/mol. The first kappa shape index (κ1) is 22.4. The Bertz CT molecular complexity index is 1250. The fourth-order valence-electron chi connectivity index (χ4n) is 4.69. The Morgan fingerprint density at radius 1 is 1.29 bits per heavy atom. The van der Waals surface area contributed by atoms with Crippen molar-refractivity contribution in [3.63, 3.8) is 0 Å². The predicted octanol–water partition coefficient (Wildman–Crippen LogP) is 1.67. The van der Waals surface area contributed by atoms with Crippen LogP contribution in [-0.4, -0.2) is 62.6 Å². The van der Waals surface area contributed by atoms with E-state index < -0.39 is 0 Å². The van der Waals surface area contributed by atoms with E-state index in [1.807, 2.05) is 6.07 Å². The van der Waals surface area contributed by atoms with E-state index in [1.54, 1.807) is 34.5 Å². The van der Waals surface area contributed by atoms with Crippen LogP contribution in [0.1, 0.15) is 48.5 Å². The molecule has 2 aliphatic rings. The number of aromatic nitrogens is 4. The van der Waals surface area contributed by atoms with Crippen LogP contribution in [0.3, 0.4) is 0 Å². The van der Waals surface area contributed by atoms with Crippen molar-refractivity contribution in [2.24, 2.45) is 0 Å². The molecule has 1 amide bonds. The second-order valence-electron chi connectivity index (χ2n) is 8.84. The SMILES string of the molecule is CNc1cc(Nc2cccn(C3CCCOC3)c2=O)nc2c(C(=O)N[C@@H]3CC[C@@H](O)C3)cnn12. The Labute approximate surface area is 196 Å². The van der Waals surface area contributed by atoms with Gasteiger partial charge >= 0.3 is 0 Å². The first-order valence-electron chi connectivity index (χ1n) is 11.6. The Morgan fingerprint density at radius 3 is 2.91 bits per heavy atom. The molecule has 0 aromatic carbocycles. The van der Waals surface area contributed by atoms with Gasteiger partial charge in [-0.2, -0.15) is 9.61 Å². The molecule has 4 heterocycles. The van der Waals surface area contributed by atoms with Crippen LogP contribution in [0.25, 0.3) is 5.65 Å². The van der Waals surface area contributed by atoms with Crippen LogP contribution in [0.15, 0.2) is 35.4 Å². The van der Waals surface area contributed by atoms with Gasteiger partial charge in [-0.05, 0) is 44.2 Å². The summed E-state index contributed by atoms with van der Waals surface area (Å²) in [5, 5.41) is 23.2. The lowest BCUT2D eigenvalue weighted by molar-refractivity contribution is 0.0581. The molecule has 1 unspecified atom stereocenters. The summed E-state index contributed by atoms with van der Waals surface area (Å²) in [6.07, 6.45) is 6.65. The molecule has 4 N–H and O–H groups in total. The topological polar surface area (TPSA) is 135 Å². The maximum atomic E-state index is 13.1. The lowest BCUT2D eigenvalue weighted by Crippen LogP contribution is -2.33. The standard InChI is InChI=1S/C23H29N7O4/c1-24-20-11-19(27-18-5-2-8-29(23(18)33)15-4-3-9-34-13-15)28-21-17(12-25-30(20)21)22(32)26-14-6-7-16(31)10-14/h2,5,8,11-12,14-16,24,31H,3-4,6-7,9-10,13H2,1H3,(H,26,32)(H,27,28)/t14-,15?,16-/m1/s1. The summed E-state index contributed by atoms with van der Waals surface area (Å²) in [6, 6.07) is 5.20. The third-order valence-electron chi connectivity index (χ3n) is 6.48. The number of hydrogen-bond acceptors (Lipinski definition) is 8. The monoisotopic (exact) mass is 467 g/mol. The van der Waals surface area contributed by atoms with Crippen molar-refractivity contribution < 1.29 is 14.6 Å². The number of aliphatic hydroxyl groups excluding tert-OH is 1. The van der Waals surface area contributed by atoms with Gasteiger partial charge in [0.15, 0.2) is 5.65 Å². The molecule has 0 spiro atoms. The molecule has 1 saturated carbocycles. The van der Waals surface area contributed by atoms with E-state index in [1.165, 1.54) is 6.20 Å².